The molecule has 0 aromatic carbocycles. The zero-order chi connectivity index (χ0) is 15.4. The number of furan rings is 1. The minimum absolute atomic E-state index is 0.148. The highest BCUT2D eigenvalue weighted by atomic mass is 32.2. The molecule has 0 spiro atoms. The predicted molar refractivity (Wildman–Crippen MR) is 89.0 cm³/mol. The van der Waals surface area contributed by atoms with E-state index in [9.17, 15) is 0 Å². The highest BCUT2D eigenvalue weighted by Gasteiger charge is 2.17. The van der Waals surface area contributed by atoms with Crippen molar-refractivity contribution in [2.24, 2.45) is 0 Å². The second kappa shape index (κ2) is 6.98. The van der Waals surface area contributed by atoms with E-state index in [1.165, 1.54) is 0 Å². The summed E-state index contributed by atoms with van der Waals surface area (Å²) in [6.45, 7) is 2.65. The third-order valence-electron chi connectivity index (χ3n) is 3.58. The molecule has 0 aliphatic heterocycles. The van der Waals surface area contributed by atoms with Crippen molar-refractivity contribution in [2.75, 3.05) is 12.0 Å². The van der Waals surface area contributed by atoms with Crippen molar-refractivity contribution in [3.63, 3.8) is 0 Å². The van der Waals surface area contributed by atoms with Crippen molar-refractivity contribution in [1.82, 2.24) is 19.9 Å². The van der Waals surface area contributed by atoms with Crippen LogP contribution in [0, 0.1) is 6.92 Å². The van der Waals surface area contributed by atoms with Crippen LogP contribution in [-0.4, -0.2) is 26.6 Å². The number of aryl methyl sites for hydroxylation is 1. The molecule has 22 heavy (non-hydrogen) atoms. The number of thioether (sulfide) groups is 1. The molecule has 0 bridgehead atoms. The van der Waals surface area contributed by atoms with E-state index in [-0.39, 0.29) is 6.04 Å². The Labute approximate surface area is 134 Å². The van der Waals surface area contributed by atoms with Crippen LogP contribution in [0.25, 0.3) is 5.65 Å². The maximum atomic E-state index is 5.63. The van der Waals surface area contributed by atoms with Crippen LogP contribution in [0.1, 0.15) is 29.8 Å². The SMILES string of the molecule is CSCCC(NCc1ccc(C)o1)c1nnc2ccccn12. The monoisotopic (exact) mass is 316 g/mol. The predicted octanol–water partition coefficient (Wildman–Crippen LogP) is 3.21. The van der Waals surface area contributed by atoms with E-state index in [1.54, 1.807) is 0 Å². The molecule has 6 heteroatoms. The highest BCUT2D eigenvalue weighted by molar-refractivity contribution is 7.98. The lowest BCUT2D eigenvalue weighted by Crippen LogP contribution is -2.23. The van der Waals surface area contributed by atoms with E-state index in [4.69, 9.17) is 4.42 Å². The summed E-state index contributed by atoms with van der Waals surface area (Å²) in [4.78, 5) is 0. The van der Waals surface area contributed by atoms with Gasteiger partial charge in [-0.2, -0.15) is 11.8 Å². The van der Waals surface area contributed by atoms with Crippen molar-refractivity contribution < 1.29 is 4.42 Å². The Morgan fingerprint density at radius 2 is 2.18 bits per heavy atom. The summed E-state index contributed by atoms with van der Waals surface area (Å²) in [7, 11) is 0. The van der Waals surface area contributed by atoms with Gasteiger partial charge in [-0.05, 0) is 49.6 Å². The van der Waals surface area contributed by atoms with Crippen molar-refractivity contribution in [3.8, 4) is 0 Å². The first kappa shape index (κ1) is 15.1. The average molecular weight is 316 g/mol. The van der Waals surface area contributed by atoms with E-state index < -0.39 is 0 Å². The Balaban J connectivity index is 1.79. The largest absolute Gasteiger partial charge is 0.465 e. The van der Waals surface area contributed by atoms with E-state index >= 15 is 0 Å². The number of hydrogen-bond acceptors (Lipinski definition) is 5. The summed E-state index contributed by atoms with van der Waals surface area (Å²) < 4.78 is 7.68. The number of hydrogen-bond donors (Lipinski definition) is 1. The zero-order valence-corrected chi connectivity index (χ0v) is 13.6. The molecule has 3 heterocycles. The fraction of sp³-hybridized carbons (Fsp3) is 0.375. The van der Waals surface area contributed by atoms with Gasteiger partial charge >= 0.3 is 0 Å². The Morgan fingerprint density at radius 3 is 2.95 bits per heavy atom. The maximum Gasteiger partial charge on any atom is 0.160 e. The highest BCUT2D eigenvalue weighted by Crippen LogP contribution is 2.19. The smallest absolute Gasteiger partial charge is 0.160 e. The molecular weight excluding hydrogens is 296 g/mol. The number of fused-ring (bicyclic) bond motifs is 1. The number of nitrogens with one attached hydrogen (secondary N) is 1. The Morgan fingerprint density at radius 1 is 1.27 bits per heavy atom. The molecular formula is C16H20N4OS. The van der Waals surface area contributed by atoms with Gasteiger partial charge in [0.05, 0.1) is 12.6 Å². The van der Waals surface area contributed by atoms with Crippen LogP contribution in [-0.2, 0) is 6.54 Å². The molecule has 0 saturated carbocycles. The quantitative estimate of drug-likeness (QED) is 0.725. The molecule has 0 aliphatic carbocycles. The van der Waals surface area contributed by atoms with Gasteiger partial charge in [0.2, 0.25) is 0 Å². The fourth-order valence-corrected chi connectivity index (χ4v) is 2.93. The first-order valence-electron chi connectivity index (χ1n) is 7.35. The van der Waals surface area contributed by atoms with Gasteiger partial charge in [-0.15, -0.1) is 10.2 Å². The lowest BCUT2D eigenvalue weighted by atomic mass is 10.2. The lowest BCUT2D eigenvalue weighted by Gasteiger charge is -2.16. The second-order valence-corrected chi connectivity index (χ2v) is 6.20. The third-order valence-corrected chi connectivity index (χ3v) is 4.23. The van der Waals surface area contributed by atoms with Gasteiger partial charge in [-0.3, -0.25) is 4.40 Å². The number of nitrogens with zero attached hydrogens (tertiary/aromatic N) is 3. The average Bonchev–Trinajstić information content (AvgIpc) is 3.14. The van der Waals surface area contributed by atoms with E-state index in [0.717, 1.165) is 35.2 Å². The maximum absolute atomic E-state index is 5.63. The minimum atomic E-state index is 0.148. The molecule has 1 N–H and O–H groups in total. The molecule has 1 atom stereocenters. The number of pyridine rings is 1. The molecule has 0 saturated heterocycles. The van der Waals surface area contributed by atoms with Gasteiger partial charge in [0.25, 0.3) is 0 Å². The molecule has 116 valence electrons. The van der Waals surface area contributed by atoms with Crippen LogP contribution >= 0.6 is 11.8 Å². The van der Waals surface area contributed by atoms with Gasteiger partial charge in [0.1, 0.15) is 11.5 Å². The summed E-state index contributed by atoms with van der Waals surface area (Å²) in [6.07, 6.45) is 5.13. The van der Waals surface area contributed by atoms with Crippen molar-refractivity contribution in [3.05, 3.63) is 53.9 Å². The molecule has 3 rings (SSSR count). The van der Waals surface area contributed by atoms with E-state index in [0.29, 0.717) is 6.54 Å². The summed E-state index contributed by atoms with van der Waals surface area (Å²) in [5.41, 5.74) is 0.877. The van der Waals surface area contributed by atoms with Gasteiger partial charge in [-0.25, -0.2) is 0 Å². The van der Waals surface area contributed by atoms with Gasteiger partial charge in [0.15, 0.2) is 11.5 Å². The van der Waals surface area contributed by atoms with Crippen molar-refractivity contribution >= 4 is 17.4 Å². The van der Waals surface area contributed by atoms with Crippen molar-refractivity contribution in [2.45, 2.75) is 25.9 Å². The first-order chi connectivity index (χ1) is 10.8. The van der Waals surface area contributed by atoms with E-state index in [1.807, 2.05) is 59.6 Å². The standard InChI is InChI=1S/C16H20N4OS/c1-12-6-7-13(21-12)11-17-14(8-10-22-2)16-19-18-15-5-3-4-9-20(15)16/h3-7,9,14,17H,8,10-11H2,1-2H3. The number of aromatic nitrogens is 3. The van der Waals surface area contributed by atoms with Crippen LogP contribution in [0.15, 0.2) is 40.9 Å². The molecule has 0 fully saturated rings. The van der Waals surface area contributed by atoms with Crippen LogP contribution in [0.3, 0.4) is 0 Å². The molecule has 3 aromatic heterocycles. The number of rotatable bonds is 7. The Hall–Kier alpha value is -1.79. The fourth-order valence-electron chi connectivity index (χ4n) is 2.46. The normalized spacial score (nSPS) is 12.8. The summed E-state index contributed by atoms with van der Waals surface area (Å²) in [5, 5.41) is 12.2. The molecule has 0 amide bonds. The van der Waals surface area contributed by atoms with Crippen LogP contribution in [0.2, 0.25) is 0 Å². The zero-order valence-electron chi connectivity index (χ0n) is 12.8. The summed E-state index contributed by atoms with van der Waals surface area (Å²) in [6, 6.07) is 10.1. The molecule has 0 radical (unpaired) electrons. The Kier molecular flexibility index (Phi) is 4.80. The molecule has 3 aromatic rings. The van der Waals surface area contributed by atoms with Crippen LogP contribution in [0.5, 0.6) is 0 Å². The van der Waals surface area contributed by atoms with Crippen LogP contribution < -0.4 is 5.32 Å². The lowest BCUT2D eigenvalue weighted by molar-refractivity contribution is 0.422. The molecule has 0 aliphatic rings. The topological polar surface area (TPSA) is 55.4 Å². The first-order valence-corrected chi connectivity index (χ1v) is 8.74. The summed E-state index contributed by atoms with van der Waals surface area (Å²) in [5.74, 6) is 3.90. The van der Waals surface area contributed by atoms with Gasteiger partial charge in [0, 0.05) is 6.20 Å². The van der Waals surface area contributed by atoms with Crippen LogP contribution in [0.4, 0.5) is 0 Å². The second-order valence-electron chi connectivity index (χ2n) is 5.21. The molecule has 5 nitrogen and oxygen atoms in total. The minimum Gasteiger partial charge on any atom is -0.465 e. The van der Waals surface area contributed by atoms with Gasteiger partial charge < -0.3 is 9.73 Å². The third kappa shape index (κ3) is 3.34. The van der Waals surface area contributed by atoms with E-state index in [2.05, 4.69) is 21.8 Å². The molecule has 1 unspecified atom stereocenters. The Bertz CT molecular complexity index is 736. The van der Waals surface area contributed by atoms with Gasteiger partial charge in [-0.1, -0.05) is 6.07 Å². The summed E-state index contributed by atoms with van der Waals surface area (Å²) >= 11 is 1.84. The van der Waals surface area contributed by atoms with Crippen molar-refractivity contribution in [1.29, 1.82) is 0 Å².